The van der Waals surface area contributed by atoms with Crippen LogP contribution in [0.1, 0.15) is 42.1 Å². The Morgan fingerprint density at radius 1 is 1.00 bits per heavy atom. The molecule has 3 aromatic rings. The molecule has 1 spiro atoms. The van der Waals surface area contributed by atoms with E-state index in [0.717, 1.165) is 11.1 Å². The first-order valence-electron chi connectivity index (χ1n) is 18.1. The standard InChI is InChI=1S/C42H46BrN3O7/c1-3-5-21-34(48)44-25-33(30-19-13-8-14-20-30)52-41(51)35-36-39(49)46(31(27-47)23-28-15-9-6-10-16-28)38(42(36)24-32(43)37(35)53-42)40(50)45(22-4-2)26-29-17-11-7-12-18-29/h3-4,6-20,31-33,35-38,47H,1-2,5,21-27H2,(H,44,48)/t31-,32?,33+,35+,36-,37+,38+,42-/m1/s1. The summed E-state index contributed by atoms with van der Waals surface area (Å²) < 4.78 is 13.0. The van der Waals surface area contributed by atoms with E-state index in [2.05, 4.69) is 34.4 Å². The van der Waals surface area contributed by atoms with Crippen molar-refractivity contribution in [3.05, 3.63) is 133 Å². The van der Waals surface area contributed by atoms with Gasteiger partial charge in [-0.2, -0.15) is 0 Å². The molecule has 0 aromatic heterocycles. The van der Waals surface area contributed by atoms with Gasteiger partial charge in [-0.25, -0.2) is 0 Å². The smallest absolute Gasteiger partial charge is 0.313 e. The first-order chi connectivity index (χ1) is 25.7. The number of rotatable bonds is 17. The summed E-state index contributed by atoms with van der Waals surface area (Å²) in [5, 5.41) is 13.7. The number of hydrogen-bond acceptors (Lipinski definition) is 7. The third kappa shape index (κ3) is 7.88. The second-order valence-corrected chi connectivity index (χ2v) is 15.1. The minimum atomic E-state index is -1.38. The van der Waals surface area contributed by atoms with Crippen LogP contribution in [-0.2, 0) is 41.6 Å². The number of fused-ring (bicyclic) bond motifs is 1. The monoisotopic (exact) mass is 783 g/mol. The molecule has 10 nitrogen and oxygen atoms in total. The molecule has 0 saturated carbocycles. The van der Waals surface area contributed by atoms with Gasteiger partial charge in [0.15, 0.2) is 0 Å². The molecule has 2 N–H and O–H groups in total. The summed E-state index contributed by atoms with van der Waals surface area (Å²) in [6, 6.07) is 26.2. The molecule has 3 fully saturated rings. The molecule has 6 rings (SSSR count). The fraction of sp³-hybridized carbons (Fsp3) is 0.381. The topological polar surface area (TPSA) is 125 Å². The SMILES string of the molecule is C=CCCC(=O)NC[C@H](OC(=O)[C@@H]1[C@H]2O[C@@]3(CC2Br)[C@H](C(=O)N(CC=C)Cc2ccccc2)N([C@@H](CO)Cc2ccccc2)C(=O)[C@@H]13)c1ccccc1. The van der Waals surface area contributed by atoms with Gasteiger partial charge in [-0.1, -0.05) is 119 Å². The van der Waals surface area contributed by atoms with E-state index in [1.807, 2.05) is 91.0 Å². The Morgan fingerprint density at radius 2 is 1.64 bits per heavy atom. The zero-order valence-electron chi connectivity index (χ0n) is 29.6. The lowest BCUT2D eigenvalue weighted by Gasteiger charge is -2.39. The molecule has 11 heteroatoms. The Hall–Kier alpha value is -4.58. The van der Waals surface area contributed by atoms with Crippen molar-refractivity contribution in [2.45, 2.75) is 66.9 Å². The van der Waals surface area contributed by atoms with Gasteiger partial charge in [0.1, 0.15) is 17.7 Å². The number of allylic oxidation sites excluding steroid dienone is 1. The molecule has 278 valence electrons. The third-order valence-corrected chi connectivity index (χ3v) is 11.4. The molecule has 3 aliphatic rings. The molecule has 3 aromatic carbocycles. The molecule has 3 amide bonds. The minimum Gasteiger partial charge on any atom is -0.455 e. The van der Waals surface area contributed by atoms with Crippen LogP contribution in [0.5, 0.6) is 0 Å². The van der Waals surface area contributed by atoms with Crippen molar-refractivity contribution in [3.8, 4) is 0 Å². The van der Waals surface area contributed by atoms with Crippen LogP contribution in [0.25, 0.3) is 0 Å². The molecule has 3 saturated heterocycles. The van der Waals surface area contributed by atoms with Crippen LogP contribution in [0.3, 0.4) is 0 Å². The van der Waals surface area contributed by atoms with Crippen molar-refractivity contribution in [1.29, 1.82) is 0 Å². The number of alkyl halides is 1. The second kappa shape index (κ2) is 17.0. The highest BCUT2D eigenvalue weighted by molar-refractivity contribution is 9.09. The number of nitrogens with one attached hydrogen (secondary N) is 1. The highest BCUT2D eigenvalue weighted by atomic mass is 79.9. The zero-order chi connectivity index (χ0) is 37.5. The highest BCUT2D eigenvalue weighted by Gasteiger charge is 2.77. The summed E-state index contributed by atoms with van der Waals surface area (Å²) >= 11 is 3.75. The highest BCUT2D eigenvalue weighted by Crippen LogP contribution is 2.61. The molecule has 53 heavy (non-hydrogen) atoms. The van der Waals surface area contributed by atoms with Crippen LogP contribution in [0.2, 0.25) is 0 Å². The summed E-state index contributed by atoms with van der Waals surface area (Å²) in [5.41, 5.74) is 1.08. The second-order valence-electron chi connectivity index (χ2n) is 13.9. The van der Waals surface area contributed by atoms with Gasteiger partial charge in [0.25, 0.3) is 0 Å². The number of halogens is 1. The number of amides is 3. The van der Waals surface area contributed by atoms with Crippen molar-refractivity contribution in [1.82, 2.24) is 15.1 Å². The van der Waals surface area contributed by atoms with Crippen LogP contribution < -0.4 is 5.32 Å². The first kappa shape index (κ1) is 38.2. The lowest BCUT2D eigenvalue weighted by Crippen LogP contribution is -2.59. The van der Waals surface area contributed by atoms with Crippen LogP contribution in [0, 0.1) is 11.8 Å². The number of carbonyl (C=O) groups is 4. The van der Waals surface area contributed by atoms with Gasteiger partial charge < -0.3 is 29.7 Å². The van der Waals surface area contributed by atoms with Crippen molar-refractivity contribution < 1.29 is 33.8 Å². The van der Waals surface area contributed by atoms with Crippen LogP contribution >= 0.6 is 15.9 Å². The first-order valence-corrected chi connectivity index (χ1v) is 19.0. The maximum absolute atomic E-state index is 15.0. The molecule has 0 radical (unpaired) electrons. The number of likely N-dealkylation sites (tertiary alicyclic amines) is 1. The molecule has 3 heterocycles. The molecular formula is C42H46BrN3O7. The average molecular weight is 785 g/mol. The summed E-state index contributed by atoms with van der Waals surface area (Å²) in [5.74, 6) is -3.75. The van der Waals surface area contributed by atoms with E-state index in [1.165, 1.54) is 4.90 Å². The number of aliphatic hydroxyl groups is 1. The lowest BCUT2D eigenvalue weighted by molar-refractivity contribution is -0.161. The van der Waals surface area contributed by atoms with E-state index in [1.54, 1.807) is 17.1 Å². The summed E-state index contributed by atoms with van der Waals surface area (Å²) in [6.07, 6.45) is 3.04. The fourth-order valence-corrected chi connectivity index (χ4v) is 9.10. The average Bonchev–Trinajstić information content (AvgIpc) is 3.78. The lowest BCUT2D eigenvalue weighted by atomic mass is 9.70. The van der Waals surface area contributed by atoms with E-state index in [9.17, 15) is 19.5 Å². The van der Waals surface area contributed by atoms with E-state index in [0.29, 0.717) is 18.4 Å². The number of ether oxygens (including phenoxy) is 2. The molecule has 2 bridgehead atoms. The van der Waals surface area contributed by atoms with Crippen LogP contribution in [0.4, 0.5) is 0 Å². The van der Waals surface area contributed by atoms with Gasteiger partial charge in [-0.15, -0.1) is 13.2 Å². The Kier molecular flexibility index (Phi) is 12.3. The largest absolute Gasteiger partial charge is 0.455 e. The van der Waals surface area contributed by atoms with Gasteiger partial charge >= 0.3 is 5.97 Å². The van der Waals surface area contributed by atoms with Crippen molar-refractivity contribution >= 4 is 39.6 Å². The van der Waals surface area contributed by atoms with Gasteiger partial charge in [0.05, 0.1) is 37.1 Å². The molecule has 1 unspecified atom stereocenters. The van der Waals surface area contributed by atoms with Gasteiger partial charge in [0.2, 0.25) is 17.7 Å². The summed E-state index contributed by atoms with van der Waals surface area (Å²) in [7, 11) is 0. The van der Waals surface area contributed by atoms with E-state index < -0.39 is 60.2 Å². The molecule has 8 atom stereocenters. The van der Waals surface area contributed by atoms with E-state index >= 15 is 4.79 Å². The number of benzene rings is 3. The predicted molar refractivity (Wildman–Crippen MR) is 203 cm³/mol. The van der Waals surface area contributed by atoms with Crippen molar-refractivity contribution in [2.75, 3.05) is 19.7 Å². The Bertz CT molecular complexity index is 1780. The zero-order valence-corrected chi connectivity index (χ0v) is 31.2. The minimum absolute atomic E-state index is 0.0262. The number of nitrogens with zero attached hydrogens (tertiary/aromatic N) is 2. The van der Waals surface area contributed by atoms with Crippen molar-refractivity contribution in [2.24, 2.45) is 11.8 Å². The summed E-state index contributed by atoms with van der Waals surface area (Å²) in [4.78, 5) is 59.8. The number of esters is 1. The maximum Gasteiger partial charge on any atom is 0.313 e. The number of carbonyl (C=O) groups excluding carboxylic acids is 4. The molecular weight excluding hydrogens is 738 g/mol. The van der Waals surface area contributed by atoms with Crippen LogP contribution in [-0.4, -0.2) is 86.9 Å². The van der Waals surface area contributed by atoms with Gasteiger partial charge in [-0.3, -0.25) is 19.2 Å². The number of aliphatic hydroxyl groups excluding tert-OH is 1. The van der Waals surface area contributed by atoms with Gasteiger partial charge in [0, 0.05) is 24.3 Å². The Balaban J connectivity index is 1.36. The number of hydrogen-bond donors (Lipinski definition) is 2. The Morgan fingerprint density at radius 3 is 2.26 bits per heavy atom. The van der Waals surface area contributed by atoms with Crippen LogP contribution in [0.15, 0.2) is 116 Å². The quantitative estimate of drug-likeness (QED) is 0.113. The summed E-state index contributed by atoms with van der Waals surface area (Å²) in [6.45, 7) is 7.66. The Labute approximate surface area is 319 Å². The molecule has 3 aliphatic heterocycles. The van der Waals surface area contributed by atoms with E-state index in [-0.39, 0.29) is 49.1 Å². The van der Waals surface area contributed by atoms with E-state index in [4.69, 9.17) is 9.47 Å². The van der Waals surface area contributed by atoms with Gasteiger partial charge in [-0.05, 0) is 36.0 Å². The predicted octanol–water partition coefficient (Wildman–Crippen LogP) is 4.92. The molecule has 0 aliphatic carbocycles. The third-order valence-electron chi connectivity index (χ3n) is 10.5. The maximum atomic E-state index is 15.0. The fourth-order valence-electron chi connectivity index (χ4n) is 8.15. The normalized spacial score (nSPS) is 25.3. The van der Waals surface area contributed by atoms with Crippen molar-refractivity contribution in [3.63, 3.8) is 0 Å².